The van der Waals surface area contributed by atoms with Crippen molar-refractivity contribution >= 4 is 28.9 Å². The Hall–Kier alpha value is -2.17. The molecule has 17 heavy (non-hydrogen) atoms. The monoisotopic (exact) mass is 229 g/mol. The number of imidazole rings is 1. The molecule has 0 unspecified atom stereocenters. The first-order valence-electron chi connectivity index (χ1n) is 5.43. The molecule has 0 spiro atoms. The maximum Gasteiger partial charge on any atom is 0.149 e. The summed E-state index contributed by atoms with van der Waals surface area (Å²) in [6, 6.07) is 0. The molecule has 0 saturated carbocycles. The van der Waals surface area contributed by atoms with Crippen molar-refractivity contribution in [3.05, 3.63) is 21.7 Å². The molecule has 86 valence electrons. The number of aryl methyl sites for hydroxylation is 1. The van der Waals surface area contributed by atoms with Crippen LogP contribution in [0.25, 0.3) is 23.2 Å². The number of nitroso groups, excluding NO2 is 1. The van der Waals surface area contributed by atoms with Crippen LogP contribution in [0.1, 0.15) is 12.8 Å². The summed E-state index contributed by atoms with van der Waals surface area (Å²) in [5.74, 6) is 0.179. The lowest BCUT2D eigenvalue weighted by Crippen LogP contribution is -2.27. The first kappa shape index (κ1) is 10.0. The van der Waals surface area contributed by atoms with Crippen LogP contribution in [0.15, 0.2) is 11.5 Å². The Morgan fingerprint density at radius 3 is 2.76 bits per heavy atom. The largest absolute Gasteiger partial charge is 0.505 e. The summed E-state index contributed by atoms with van der Waals surface area (Å²) in [5.41, 5.74) is 1.35. The Morgan fingerprint density at radius 2 is 2.06 bits per heavy atom. The van der Waals surface area contributed by atoms with E-state index in [0.717, 1.165) is 12.8 Å². The van der Waals surface area contributed by atoms with Gasteiger partial charge in [0.1, 0.15) is 22.5 Å². The van der Waals surface area contributed by atoms with E-state index in [2.05, 4.69) is 10.2 Å². The molecule has 3 rings (SSSR count). The molecule has 0 saturated heterocycles. The van der Waals surface area contributed by atoms with E-state index < -0.39 is 0 Å². The summed E-state index contributed by atoms with van der Waals surface area (Å²) >= 11 is 0. The molecular weight excluding hydrogens is 218 g/mol. The molecule has 2 aromatic rings. The molecule has 5 heteroatoms. The number of aromatic hydroxyl groups is 1. The molecule has 1 aromatic carbocycles. The van der Waals surface area contributed by atoms with Crippen LogP contribution in [0, 0.1) is 4.91 Å². The van der Waals surface area contributed by atoms with Crippen LogP contribution < -0.4 is 10.4 Å². The first-order valence-corrected chi connectivity index (χ1v) is 5.43. The lowest BCUT2D eigenvalue weighted by molar-refractivity contribution is 0.473. The average Bonchev–Trinajstić information content (AvgIpc) is 2.73. The predicted molar refractivity (Wildman–Crippen MR) is 65.2 cm³/mol. The van der Waals surface area contributed by atoms with E-state index in [1.807, 2.05) is 12.2 Å². The van der Waals surface area contributed by atoms with Gasteiger partial charge >= 0.3 is 0 Å². The molecule has 1 N–H and O–H groups in total. The summed E-state index contributed by atoms with van der Waals surface area (Å²) in [6.45, 7) is 0. The van der Waals surface area contributed by atoms with Gasteiger partial charge in [0.2, 0.25) is 0 Å². The minimum absolute atomic E-state index is 0.179. The van der Waals surface area contributed by atoms with Gasteiger partial charge in [-0.3, -0.25) is 0 Å². The van der Waals surface area contributed by atoms with Crippen molar-refractivity contribution in [3.63, 3.8) is 0 Å². The van der Waals surface area contributed by atoms with Crippen molar-refractivity contribution in [1.82, 2.24) is 9.55 Å². The first-order chi connectivity index (χ1) is 8.24. The van der Waals surface area contributed by atoms with E-state index in [0.29, 0.717) is 27.2 Å². The standard InChI is InChI=1S/C12H11N3O2/c1-15-6-13-10-9(14-17)7-4-2-3-5-8(7)12(16)11(10)15/h4-6,16H,2-3H2,1H3. The second-order valence-electron chi connectivity index (χ2n) is 4.15. The van der Waals surface area contributed by atoms with Crippen LogP contribution in [-0.2, 0) is 7.05 Å². The van der Waals surface area contributed by atoms with E-state index in [9.17, 15) is 10.0 Å². The van der Waals surface area contributed by atoms with Crippen LogP contribution in [0.2, 0.25) is 0 Å². The van der Waals surface area contributed by atoms with Gasteiger partial charge in [0.15, 0.2) is 0 Å². The quantitative estimate of drug-likeness (QED) is 0.743. The van der Waals surface area contributed by atoms with Crippen molar-refractivity contribution in [2.45, 2.75) is 12.8 Å². The SMILES string of the molecule is Cn1cnc2c(N=O)c3c(c(O)c21)=CCCC=3. The van der Waals surface area contributed by atoms with Gasteiger partial charge in [-0.15, -0.1) is 4.91 Å². The van der Waals surface area contributed by atoms with Crippen molar-refractivity contribution in [1.29, 1.82) is 0 Å². The van der Waals surface area contributed by atoms with Gasteiger partial charge in [0.25, 0.3) is 0 Å². The van der Waals surface area contributed by atoms with Gasteiger partial charge in [0, 0.05) is 17.5 Å². The molecule has 1 aliphatic rings. The molecule has 0 amide bonds. The van der Waals surface area contributed by atoms with Crippen LogP contribution in [0.5, 0.6) is 5.75 Å². The third-order valence-electron chi connectivity index (χ3n) is 3.14. The fourth-order valence-electron chi connectivity index (χ4n) is 2.35. The smallest absolute Gasteiger partial charge is 0.149 e. The van der Waals surface area contributed by atoms with Crippen LogP contribution in [0.4, 0.5) is 5.69 Å². The lowest BCUT2D eigenvalue weighted by Gasteiger charge is -2.06. The number of rotatable bonds is 1. The summed E-state index contributed by atoms with van der Waals surface area (Å²) in [6.07, 6.45) is 7.16. The summed E-state index contributed by atoms with van der Waals surface area (Å²) in [5, 5.41) is 14.7. The van der Waals surface area contributed by atoms with Crippen molar-refractivity contribution in [2.75, 3.05) is 0 Å². The zero-order valence-electron chi connectivity index (χ0n) is 9.34. The van der Waals surface area contributed by atoms with Gasteiger partial charge in [-0.2, -0.15) is 0 Å². The topological polar surface area (TPSA) is 67.5 Å². The fourth-order valence-corrected chi connectivity index (χ4v) is 2.35. The minimum atomic E-state index is 0.179. The number of nitrogens with zero attached hydrogens (tertiary/aromatic N) is 3. The third-order valence-corrected chi connectivity index (χ3v) is 3.14. The maximum absolute atomic E-state index is 11.0. The van der Waals surface area contributed by atoms with E-state index in [-0.39, 0.29) is 5.75 Å². The molecule has 0 radical (unpaired) electrons. The van der Waals surface area contributed by atoms with E-state index in [1.54, 1.807) is 17.9 Å². The van der Waals surface area contributed by atoms with Gasteiger partial charge in [0.05, 0.1) is 6.33 Å². The summed E-state index contributed by atoms with van der Waals surface area (Å²) < 4.78 is 1.70. The molecule has 1 heterocycles. The molecular formula is C12H11N3O2. The van der Waals surface area contributed by atoms with E-state index in [1.165, 1.54) is 0 Å². The Bertz CT molecular complexity index is 743. The van der Waals surface area contributed by atoms with Crippen molar-refractivity contribution in [3.8, 4) is 5.75 Å². The van der Waals surface area contributed by atoms with Gasteiger partial charge < -0.3 is 9.67 Å². The highest BCUT2D eigenvalue weighted by Crippen LogP contribution is 2.26. The predicted octanol–water partition coefficient (Wildman–Crippen LogP) is 1.03. The Morgan fingerprint density at radius 1 is 1.35 bits per heavy atom. The maximum atomic E-state index is 11.0. The highest BCUT2D eigenvalue weighted by Gasteiger charge is 2.16. The highest BCUT2D eigenvalue weighted by molar-refractivity contribution is 5.92. The lowest BCUT2D eigenvalue weighted by atomic mass is 10.0. The molecule has 1 aromatic heterocycles. The van der Waals surface area contributed by atoms with Crippen LogP contribution >= 0.6 is 0 Å². The number of phenols is 1. The molecule has 0 bridgehead atoms. The molecule has 5 nitrogen and oxygen atoms in total. The second-order valence-corrected chi connectivity index (χ2v) is 4.15. The zero-order chi connectivity index (χ0) is 12.0. The average molecular weight is 229 g/mol. The van der Waals surface area contributed by atoms with E-state index >= 15 is 0 Å². The summed E-state index contributed by atoms with van der Waals surface area (Å²) in [4.78, 5) is 15.1. The minimum Gasteiger partial charge on any atom is -0.505 e. The number of hydrogen-bond donors (Lipinski definition) is 1. The highest BCUT2D eigenvalue weighted by atomic mass is 16.3. The Labute approximate surface area is 96.7 Å². The normalized spacial score (nSPS) is 13.9. The molecule has 1 aliphatic carbocycles. The Kier molecular flexibility index (Phi) is 2.01. The van der Waals surface area contributed by atoms with Crippen LogP contribution in [0.3, 0.4) is 0 Å². The number of phenolic OH excluding ortho intramolecular Hbond substituents is 1. The number of fused-ring (bicyclic) bond motifs is 2. The number of benzene rings is 1. The van der Waals surface area contributed by atoms with Gasteiger partial charge in [-0.05, 0) is 18.0 Å². The van der Waals surface area contributed by atoms with E-state index in [4.69, 9.17) is 0 Å². The molecule has 0 atom stereocenters. The Balaban J connectivity index is 2.69. The van der Waals surface area contributed by atoms with Gasteiger partial charge in [-0.1, -0.05) is 12.2 Å². The van der Waals surface area contributed by atoms with Gasteiger partial charge in [-0.25, -0.2) is 4.98 Å². The summed E-state index contributed by atoms with van der Waals surface area (Å²) in [7, 11) is 1.78. The zero-order valence-corrected chi connectivity index (χ0v) is 9.34. The molecule has 0 fully saturated rings. The number of hydrogen-bond acceptors (Lipinski definition) is 4. The molecule has 0 aliphatic heterocycles. The third kappa shape index (κ3) is 1.22. The second kappa shape index (κ2) is 3.41. The van der Waals surface area contributed by atoms with Crippen molar-refractivity contribution < 1.29 is 5.11 Å². The van der Waals surface area contributed by atoms with Crippen molar-refractivity contribution in [2.24, 2.45) is 12.2 Å². The van der Waals surface area contributed by atoms with Crippen LogP contribution in [-0.4, -0.2) is 14.7 Å². The fraction of sp³-hybridized carbons (Fsp3) is 0.250. The number of aromatic nitrogens is 2.